The zero-order valence-corrected chi connectivity index (χ0v) is 17.3. The van der Waals surface area contributed by atoms with Crippen molar-refractivity contribution < 1.29 is 9.59 Å². The van der Waals surface area contributed by atoms with Gasteiger partial charge >= 0.3 is 0 Å². The Labute approximate surface area is 176 Å². The highest BCUT2D eigenvalue weighted by Crippen LogP contribution is 2.47. The number of nitrogens with one attached hydrogen (secondary N) is 2. The van der Waals surface area contributed by atoms with E-state index in [1.54, 1.807) is 11.0 Å². The molecule has 0 unspecified atom stereocenters. The lowest BCUT2D eigenvalue weighted by molar-refractivity contribution is -0.119. The van der Waals surface area contributed by atoms with Crippen molar-refractivity contribution >= 4 is 44.8 Å². The average molecular weight is 448 g/mol. The largest absolute Gasteiger partial charge is 0.350 e. The summed E-state index contributed by atoms with van der Waals surface area (Å²) in [7, 11) is 0. The number of carbonyl (C=O) groups excluding carboxylic acids is 2. The molecule has 5 rings (SSSR count). The minimum absolute atomic E-state index is 0.216. The molecule has 2 amide bonds. The molecule has 0 bridgehead atoms. The molecule has 0 saturated carbocycles. The maximum atomic E-state index is 13.7. The molecule has 3 aromatic rings. The molecule has 3 aromatic carbocycles. The van der Waals surface area contributed by atoms with Gasteiger partial charge in [-0.05, 0) is 54.4 Å². The van der Waals surface area contributed by atoms with Crippen LogP contribution in [0.25, 0.3) is 0 Å². The molecule has 0 radical (unpaired) electrons. The molecule has 0 saturated heterocycles. The molecule has 1 atom stereocenters. The Morgan fingerprint density at radius 3 is 2.48 bits per heavy atom. The van der Waals surface area contributed by atoms with Gasteiger partial charge in [0, 0.05) is 27.1 Å². The first kappa shape index (κ1) is 17.9. The van der Waals surface area contributed by atoms with E-state index in [4.69, 9.17) is 0 Å². The van der Waals surface area contributed by atoms with E-state index in [2.05, 4.69) is 33.5 Å². The Bertz CT molecular complexity index is 1160. The minimum atomic E-state index is -1.36. The van der Waals surface area contributed by atoms with E-state index >= 15 is 0 Å². The van der Waals surface area contributed by atoms with E-state index in [0.29, 0.717) is 28.2 Å². The first-order valence-corrected chi connectivity index (χ1v) is 10.3. The summed E-state index contributed by atoms with van der Waals surface area (Å²) in [4.78, 5) is 28.6. The Morgan fingerprint density at radius 2 is 1.72 bits per heavy atom. The van der Waals surface area contributed by atoms with Crippen LogP contribution in [0.4, 0.5) is 17.1 Å². The van der Waals surface area contributed by atoms with Gasteiger partial charge in [0.05, 0.1) is 5.56 Å². The van der Waals surface area contributed by atoms with Gasteiger partial charge in [0.25, 0.3) is 11.8 Å². The van der Waals surface area contributed by atoms with Crippen molar-refractivity contribution in [2.75, 3.05) is 15.5 Å². The van der Waals surface area contributed by atoms with Crippen molar-refractivity contribution in [3.05, 3.63) is 87.9 Å². The number of nitrogens with zero attached hydrogens (tertiary/aromatic N) is 1. The van der Waals surface area contributed by atoms with E-state index in [-0.39, 0.29) is 11.8 Å². The van der Waals surface area contributed by atoms with Crippen LogP contribution in [-0.2, 0) is 16.9 Å². The summed E-state index contributed by atoms with van der Waals surface area (Å²) in [6, 6.07) is 20.7. The molecule has 2 aliphatic rings. The topological polar surface area (TPSA) is 61.4 Å². The van der Waals surface area contributed by atoms with Crippen LogP contribution in [-0.4, -0.2) is 11.8 Å². The lowest BCUT2D eigenvalue weighted by Crippen LogP contribution is -2.61. The van der Waals surface area contributed by atoms with Gasteiger partial charge in [-0.15, -0.1) is 0 Å². The van der Waals surface area contributed by atoms with Crippen LogP contribution in [0.2, 0.25) is 0 Å². The van der Waals surface area contributed by atoms with Gasteiger partial charge in [-0.1, -0.05) is 47.1 Å². The molecule has 2 heterocycles. The molecule has 29 heavy (non-hydrogen) atoms. The number of hydrogen-bond donors (Lipinski definition) is 2. The lowest BCUT2D eigenvalue weighted by atomic mass is 9.92. The van der Waals surface area contributed by atoms with Crippen LogP contribution in [0.5, 0.6) is 0 Å². The van der Waals surface area contributed by atoms with Crippen LogP contribution in [0.15, 0.2) is 71.2 Å². The number of fused-ring (bicyclic) bond motifs is 3. The normalized spacial score (nSPS) is 19.6. The number of anilines is 3. The summed E-state index contributed by atoms with van der Waals surface area (Å²) >= 11 is 3.51. The summed E-state index contributed by atoms with van der Waals surface area (Å²) in [5.74, 6) is -0.500. The highest BCUT2D eigenvalue weighted by molar-refractivity contribution is 9.10. The standard InChI is InChI=1S/C23H18BrN3O2/c1-2-14-7-10-16(11-8-14)27-21(28)17-5-3-4-6-19(17)26-23(27)18-13-15(24)9-12-20(18)25-22(23)29/h3-13,26H,2H2,1H3,(H,25,29)/t23-/m0/s1. The highest BCUT2D eigenvalue weighted by atomic mass is 79.9. The first-order chi connectivity index (χ1) is 14.0. The van der Waals surface area contributed by atoms with Crippen LogP contribution in [0.1, 0.15) is 28.4 Å². The molecule has 0 aliphatic carbocycles. The summed E-state index contributed by atoms with van der Waals surface area (Å²) < 4.78 is 0.835. The third-order valence-electron chi connectivity index (χ3n) is 5.56. The second kappa shape index (κ2) is 6.46. The highest BCUT2D eigenvalue weighted by Gasteiger charge is 2.57. The molecule has 1 spiro atoms. The van der Waals surface area contributed by atoms with E-state index in [0.717, 1.165) is 10.9 Å². The third kappa shape index (κ3) is 2.52. The number of para-hydroxylation sites is 1. The lowest BCUT2D eigenvalue weighted by Gasteiger charge is -2.44. The summed E-state index contributed by atoms with van der Waals surface area (Å²) in [6.07, 6.45) is 0.900. The van der Waals surface area contributed by atoms with Gasteiger partial charge in [-0.2, -0.15) is 0 Å². The monoisotopic (exact) mass is 447 g/mol. The summed E-state index contributed by atoms with van der Waals surface area (Å²) in [5, 5.41) is 6.33. The van der Waals surface area contributed by atoms with Crippen LogP contribution in [0, 0.1) is 0 Å². The van der Waals surface area contributed by atoms with Crippen molar-refractivity contribution in [2.45, 2.75) is 19.0 Å². The molecule has 144 valence electrons. The van der Waals surface area contributed by atoms with Crippen LogP contribution in [0.3, 0.4) is 0 Å². The zero-order chi connectivity index (χ0) is 20.2. The van der Waals surface area contributed by atoms with Crippen LogP contribution >= 0.6 is 15.9 Å². The Balaban J connectivity index is 1.79. The van der Waals surface area contributed by atoms with E-state index in [1.807, 2.05) is 60.7 Å². The average Bonchev–Trinajstić information content (AvgIpc) is 3.00. The first-order valence-electron chi connectivity index (χ1n) is 9.47. The fourth-order valence-electron chi connectivity index (χ4n) is 4.10. The Hall–Kier alpha value is -3.12. The van der Waals surface area contributed by atoms with Crippen molar-refractivity contribution in [2.24, 2.45) is 0 Å². The second-order valence-electron chi connectivity index (χ2n) is 7.19. The quantitative estimate of drug-likeness (QED) is 0.587. The molecule has 2 N–H and O–H groups in total. The molecule has 6 heteroatoms. The number of benzene rings is 3. The van der Waals surface area contributed by atoms with E-state index in [1.165, 1.54) is 5.56 Å². The van der Waals surface area contributed by atoms with Crippen LogP contribution < -0.4 is 15.5 Å². The molecule has 2 aliphatic heterocycles. The van der Waals surface area contributed by atoms with Gasteiger partial charge in [-0.25, -0.2) is 0 Å². The van der Waals surface area contributed by atoms with Gasteiger partial charge < -0.3 is 10.6 Å². The molecule has 0 aromatic heterocycles. The molecule has 0 fully saturated rings. The molecular weight excluding hydrogens is 430 g/mol. The number of aryl methyl sites for hydroxylation is 1. The number of carbonyl (C=O) groups is 2. The van der Waals surface area contributed by atoms with E-state index < -0.39 is 5.66 Å². The Morgan fingerprint density at radius 1 is 0.966 bits per heavy atom. The summed E-state index contributed by atoms with van der Waals surface area (Å²) in [6.45, 7) is 2.08. The Kier molecular flexibility index (Phi) is 3.99. The molecule has 5 nitrogen and oxygen atoms in total. The van der Waals surface area contributed by atoms with Gasteiger partial charge in [0.15, 0.2) is 0 Å². The number of hydrogen-bond acceptors (Lipinski definition) is 3. The maximum Gasteiger partial charge on any atom is 0.276 e. The molecular formula is C23H18BrN3O2. The predicted molar refractivity (Wildman–Crippen MR) is 117 cm³/mol. The maximum absolute atomic E-state index is 13.7. The zero-order valence-electron chi connectivity index (χ0n) is 15.7. The minimum Gasteiger partial charge on any atom is -0.350 e. The van der Waals surface area contributed by atoms with Gasteiger partial charge in [-0.3, -0.25) is 14.5 Å². The second-order valence-corrected chi connectivity index (χ2v) is 8.10. The van der Waals surface area contributed by atoms with Gasteiger partial charge in [0.1, 0.15) is 0 Å². The number of amides is 2. The van der Waals surface area contributed by atoms with Crippen molar-refractivity contribution in [3.63, 3.8) is 0 Å². The van der Waals surface area contributed by atoms with Crippen molar-refractivity contribution in [1.29, 1.82) is 0 Å². The fourth-order valence-corrected chi connectivity index (χ4v) is 4.46. The SMILES string of the molecule is CCc1ccc(N2C(=O)c3ccccc3N[C@]23C(=O)Nc2ccc(Br)cc23)cc1. The van der Waals surface area contributed by atoms with Crippen molar-refractivity contribution in [3.8, 4) is 0 Å². The van der Waals surface area contributed by atoms with E-state index in [9.17, 15) is 9.59 Å². The number of rotatable bonds is 2. The fraction of sp³-hybridized carbons (Fsp3) is 0.130. The smallest absolute Gasteiger partial charge is 0.276 e. The number of halogens is 1. The third-order valence-corrected chi connectivity index (χ3v) is 6.06. The van der Waals surface area contributed by atoms with Crippen molar-refractivity contribution in [1.82, 2.24) is 0 Å². The van der Waals surface area contributed by atoms with Gasteiger partial charge in [0.2, 0.25) is 5.66 Å². The predicted octanol–water partition coefficient (Wildman–Crippen LogP) is 4.89. The summed E-state index contributed by atoms with van der Waals surface area (Å²) in [5.41, 5.74) is 3.04.